The van der Waals surface area contributed by atoms with E-state index >= 15 is 0 Å². The van der Waals surface area contributed by atoms with E-state index in [0.717, 1.165) is 55.0 Å². The predicted octanol–water partition coefficient (Wildman–Crippen LogP) is 3.89. The molecular formula is C30H37FN6O2. The van der Waals surface area contributed by atoms with Gasteiger partial charge in [0.15, 0.2) is 0 Å². The van der Waals surface area contributed by atoms with Gasteiger partial charge >= 0.3 is 0 Å². The number of nitrogens with zero attached hydrogens (tertiary/aromatic N) is 5. The monoisotopic (exact) mass is 532 g/mol. The number of nitrogens with one attached hydrogen (secondary N) is 1. The Hall–Kier alpha value is -3.72. The topological polar surface area (TPSA) is 72.0 Å². The molecule has 39 heavy (non-hydrogen) atoms. The van der Waals surface area contributed by atoms with Crippen molar-refractivity contribution < 1.29 is 14.0 Å². The van der Waals surface area contributed by atoms with E-state index in [9.17, 15) is 14.0 Å². The molecule has 2 saturated heterocycles. The average Bonchev–Trinajstić information content (AvgIpc) is 2.96. The lowest BCUT2D eigenvalue weighted by Gasteiger charge is -2.36. The van der Waals surface area contributed by atoms with E-state index < -0.39 is 0 Å². The number of fused-ring (bicyclic) bond motifs is 1. The van der Waals surface area contributed by atoms with Gasteiger partial charge in [-0.1, -0.05) is 19.1 Å². The molecule has 0 bridgehead atoms. The number of hydrogen-bond donors (Lipinski definition) is 1. The van der Waals surface area contributed by atoms with Crippen molar-refractivity contribution in [1.82, 2.24) is 14.8 Å². The first-order valence-electron chi connectivity index (χ1n) is 13.9. The van der Waals surface area contributed by atoms with Gasteiger partial charge in [0.1, 0.15) is 11.6 Å². The second-order valence-electron chi connectivity index (χ2n) is 10.3. The quantitative estimate of drug-likeness (QED) is 0.498. The van der Waals surface area contributed by atoms with Crippen molar-refractivity contribution in [2.45, 2.75) is 26.7 Å². The first kappa shape index (κ1) is 26.9. The van der Waals surface area contributed by atoms with E-state index in [1.54, 1.807) is 17.0 Å². The van der Waals surface area contributed by atoms with Crippen molar-refractivity contribution in [2.24, 2.45) is 0 Å². The summed E-state index contributed by atoms with van der Waals surface area (Å²) >= 11 is 0. The SMILES string of the molecule is CCN1CCN(c2cc(C)c3cc(NC(=O)CCC(=O)N4CCN(c5ccccc5F)CC4)ccc3n2)CC1. The zero-order valence-corrected chi connectivity index (χ0v) is 22.8. The molecule has 0 unspecified atom stereocenters. The van der Waals surface area contributed by atoms with Crippen molar-refractivity contribution in [2.75, 3.05) is 74.0 Å². The van der Waals surface area contributed by atoms with E-state index in [0.29, 0.717) is 37.6 Å². The lowest BCUT2D eigenvalue weighted by atomic mass is 10.1. The maximum Gasteiger partial charge on any atom is 0.224 e. The van der Waals surface area contributed by atoms with E-state index in [1.807, 2.05) is 29.2 Å². The summed E-state index contributed by atoms with van der Waals surface area (Å²) in [5, 5.41) is 3.95. The Morgan fingerprint density at radius 1 is 0.897 bits per heavy atom. The summed E-state index contributed by atoms with van der Waals surface area (Å²) in [5.74, 6) is 0.508. The third-order valence-corrected chi connectivity index (χ3v) is 7.82. The van der Waals surface area contributed by atoms with Crippen LogP contribution in [-0.4, -0.2) is 85.5 Å². The van der Waals surface area contributed by atoms with Gasteiger partial charge in [-0.15, -0.1) is 0 Å². The predicted molar refractivity (Wildman–Crippen MR) is 154 cm³/mol. The van der Waals surface area contributed by atoms with Crippen LogP contribution in [0, 0.1) is 12.7 Å². The van der Waals surface area contributed by atoms with Crippen molar-refractivity contribution in [3.05, 3.63) is 59.9 Å². The molecule has 2 aromatic carbocycles. The molecule has 8 nitrogen and oxygen atoms in total. The molecule has 0 radical (unpaired) electrons. The van der Waals surface area contributed by atoms with E-state index in [1.165, 1.54) is 6.07 Å². The Kier molecular flexibility index (Phi) is 8.26. The highest BCUT2D eigenvalue weighted by Gasteiger charge is 2.23. The summed E-state index contributed by atoms with van der Waals surface area (Å²) in [7, 11) is 0. The maximum atomic E-state index is 14.1. The fourth-order valence-electron chi connectivity index (χ4n) is 5.42. The van der Waals surface area contributed by atoms with Crippen LogP contribution in [0.25, 0.3) is 10.9 Å². The number of para-hydroxylation sites is 1. The number of carbonyl (C=O) groups excluding carboxylic acids is 2. The number of hydrogen-bond acceptors (Lipinski definition) is 6. The van der Waals surface area contributed by atoms with Gasteiger partial charge in [-0.05, 0) is 55.4 Å². The molecule has 3 heterocycles. The van der Waals surface area contributed by atoms with Gasteiger partial charge in [0.2, 0.25) is 11.8 Å². The molecule has 2 aliphatic rings. The maximum absolute atomic E-state index is 14.1. The van der Waals surface area contributed by atoms with Crippen LogP contribution in [0.3, 0.4) is 0 Å². The summed E-state index contributed by atoms with van der Waals surface area (Å²) in [4.78, 5) is 38.8. The summed E-state index contributed by atoms with van der Waals surface area (Å²) in [6.45, 7) is 11.6. The zero-order valence-electron chi connectivity index (χ0n) is 22.8. The van der Waals surface area contributed by atoms with Crippen LogP contribution in [0.5, 0.6) is 0 Å². The summed E-state index contributed by atoms with van der Waals surface area (Å²) < 4.78 is 14.1. The van der Waals surface area contributed by atoms with Gasteiger partial charge in [0.05, 0.1) is 11.2 Å². The first-order chi connectivity index (χ1) is 18.9. The molecule has 1 N–H and O–H groups in total. The number of halogens is 1. The average molecular weight is 533 g/mol. The Morgan fingerprint density at radius 2 is 1.62 bits per heavy atom. The van der Waals surface area contributed by atoms with E-state index in [4.69, 9.17) is 4.98 Å². The van der Waals surface area contributed by atoms with Crippen molar-refractivity contribution in [3.63, 3.8) is 0 Å². The number of anilines is 3. The van der Waals surface area contributed by atoms with Gasteiger partial charge in [0.25, 0.3) is 0 Å². The van der Waals surface area contributed by atoms with Crippen LogP contribution in [0.4, 0.5) is 21.6 Å². The zero-order chi connectivity index (χ0) is 27.4. The number of aryl methyl sites for hydroxylation is 1. The molecule has 3 aromatic rings. The van der Waals surface area contributed by atoms with Crippen LogP contribution in [0.15, 0.2) is 48.5 Å². The highest BCUT2D eigenvalue weighted by atomic mass is 19.1. The minimum absolute atomic E-state index is 0.0517. The fourth-order valence-corrected chi connectivity index (χ4v) is 5.42. The van der Waals surface area contributed by atoms with E-state index in [2.05, 4.69) is 35.0 Å². The molecule has 2 amide bonds. The smallest absolute Gasteiger partial charge is 0.224 e. The lowest BCUT2D eigenvalue weighted by molar-refractivity contribution is -0.133. The number of amides is 2. The molecule has 0 atom stereocenters. The minimum atomic E-state index is -0.250. The van der Waals surface area contributed by atoms with E-state index in [-0.39, 0.29) is 30.5 Å². The van der Waals surface area contributed by atoms with Gasteiger partial charge in [-0.3, -0.25) is 9.59 Å². The molecule has 2 aliphatic heterocycles. The number of likely N-dealkylation sites (N-methyl/N-ethyl adjacent to an activating group) is 1. The third kappa shape index (κ3) is 6.30. The first-order valence-corrected chi connectivity index (χ1v) is 13.9. The van der Waals surface area contributed by atoms with Gasteiger partial charge in [0, 0.05) is 76.3 Å². The molecular weight excluding hydrogens is 495 g/mol. The molecule has 1 aromatic heterocycles. The number of piperazine rings is 2. The Bertz CT molecular complexity index is 1330. The minimum Gasteiger partial charge on any atom is -0.366 e. The standard InChI is InChI=1S/C30H37FN6O2/c1-3-34-12-14-36(15-13-34)28-20-22(2)24-21-23(8-9-26(24)33-28)32-29(38)10-11-30(39)37-18-16-35(17-19-37)27-7-5-4-6-25(27)31/h4-9,20-21H,3,10-19H2,1-2H3,(H,32,38). The molecule has 5 rings (SSSR count). The van der Waals surface area contributed by atoms with Crippen LogP contribution in [0.2, 0.25) is 0 Å². The number of carbonyl (C=O) groups is 2. The van der Waals surface area contributed by atoms with Crippen LogP contribution < -0.4 is 15.1 Å². The number of rotatable bonds is 7. The van der Waals surface area contributed by atoms with Crippen molar-refractivity contribution >= 4 is 39.9 Å². The second kappa shape index (κ2) is 12.0. The Balaban J connectivity index is 1.12. The molecule has 9 heteroatoms. The van der Waals surface area contributed by atoms with Crippen LogP contribution in [-0.2, 0) is 9.59 Å². The normalized spacial score (nSPS) is 16.5. The molecule has 0 spiro atoms. The number of pyridine rings is 1. The molecule has 206 valence electrons. The second-order valence-corrected chi connectivity index (χ2v) is 10.3. The summed E-state index contributed by atoms with van der Waals surface area (Å²) in [6, 6.07) is 14.6. The van der Waals surface area contributed by atoms with Crippen LogP contribution >= 0.6 is 0 Å². The molecule has 2 fully saturated rings. The third-order valence-electron chi connectivity index (χ3n) is 7.82. The Morgan fingerprint density at radius 3 is 2.33 bits per heavy atom. The highest BCUT2D eigenvalue weighted by Crippen LogP contribution is 2.26. The van der Waals surface area contributed by atoms with Gasteiger partial charge in [-0.25, -0.2) is 9.37 Å². The summed E-state index contributed by atoms with van der Waals surface area (Å²) in [5.41, 5.74) is 3.29. The van der Waals surface area contributed by atoms with Gasteiger partial charge in [-0.2, -0.15) is 0 Å². The number of aromatic nitrogens is 1. The summed E-state index contributed by atoms with van der Waals surface area (Å²) in [6.07, 6.45) is 0.263. The van der Waals surface area contributed by atoms with Gasteiger partial charge < -0.3 is 24.9 Å². The number of benzene rings is 2. The van der Waals surface area contributed by atoms with Crippen molar-refractivity contribution in [3.8, 4) is 0 Å². The van der Waals surface area contributed by atoms with Crippen molar-refractivity contribution in [1.29, 1.82) is 0 Å². The molecule has 0 saturated carbocycles. The highest BCUT2D eigenvalue weighted by molar-refractivity contribution is 5.96. The lowest BCUT2D eigenvalue weighted by Crippen LogP contribution is -2.49. The fraction of sp³-hybridized carbons (Fsp3) is 0.433. The molecule has 0 aliphatic carbocycles. The Labute approximate surface area is 229 Å². The van der Waals surface area contributed by atoms with Crippen LogP contribution in [0.1, 0.15) is 25.3 Å². The largest absolute Gasteiger partial charge is 0.366 e.